The second kappa shape index (κ2) is 54.9. The van der Waals surface area contributed by atoms with Crippen LogP contribution in [0.15, 0.2) is 24.3 Å². The predicted molar refractivity (Wildman–Crippen MR) is 283 cm³/mol. The van der Waals surface area contributed by atoms with E-state index in [1.807, 2.05) is 0 Å². The summed E-state index contributed by atoms with van der Waals surface area (Å²) in [5.41, 5.74) is 0. The van der Waals surface area contributed by atoms with Crippen LogP contribution in [-0.4, -0.2) is 47.4 Å². The Morgan fingerprint density at radius 1 is 0.415 bits per heavy atom. The third-order valence-corrected chi connectivity index (χ3v) is 13.5. The maximum absolute atomic E-state index is 12.5. The number of rotatable bonds is 54. The van der Waals surface area contributed by atoms with Crippen LogP contribution in [0.1, 0.15) is 316 Å². The highest BCUT2D eigenvalue weighted by molar-refractivity contribution is 5.76. The summed E-state index contributed by atoms with van der Waals surface area (Å²) in [7, 11) is 0. The van der Waals surface area contributed by atoms with E-state index in [1.54, 1.807) is 0 Å². The van der Waals surface area contributed by atoms with E-state index < -0.39 is 12.1 Å². The minimum absolute atomic E-state index is 0.0432. The van der Waals surface area contributed by atoms with Gasteiger partial charge < -0.3 is 20.3 Å². The molecule has 0 aliphatic rings. The summed E-state index contributed by atoms with van der Waals surface area (Å²) in [6.07, 6.45) is 66.1. The number of aliphatic hydroxyl groups is 2. The van der Waals surface area contributed by atoms with Gasteiger partial charge in [-0.1, -0.05) is 256 Å². The lowest BCUT2D eigenvalue weighted by Gasteiger charge is -2.22. The molecule has 6 nitrogen and oxygen atoms in total. The average Bonchev–Trinajstić information content (AvgIpc) is 3.31. The van der Waals surface area contributed by atoms with Crippen molar-refractivity contribution in [1.29, 1.82) is 0 Å². The first kappa shape index (κ1) is 63.3. The van der Waals surface area contributed by atoms with Crippen molar-refractivity contribution in [2.45, 2.75) is 328 Å². The molecule has 1 amide bonds. The lowest BCUT2D eigenvalue weighted by atomic mass is 10.0. The minimum Gasteiger partial charge on any atom is -0.466 e. The predicted octanol–water partition coefficient (Wildman–Crippen LogP) is 17.9. The maximum atomic E-state index is 12.5. The number of carbonyl (C=O) groups excluding carboxylic acids is 2. The molecule has 0 spiro atoms. The minimum atomic E-state index is -0.697. The SMILES string of the molecule is CCCCCCC/C=C\CCCCCCCC(=O)OCCCCCC/C=C\CCCC(=O)NC(CO)C(O)CCCCCCCCCCCCCCCCCCCCCCCCCCC. The van der Waals surface area contributed by atoms with Crippen LogP contribution in [0.3, 0.4) is 0 Å². The van der Waals surface area contributed by atoms with Gasteiger partial charge >= 0.3 is 5.97 Å². The smallest absolute Gasteiger partial charge is 0.305 e. The number of ether oxygens (including phenoxy) is 1. The van der Waals surface area contributed by atoms with Crippen molar-refractivity contribution >= 4 is 11.9 Å². The highest BCUT2D eigenvalue weighted by Gasteiger charge is 2.20. The monoisotopic (exact) mass is 916 g/mol. The molecule has 6 heteroatoms. The van der Waals surface area contributed by atoms with Crippen molar-refractivity contribution in [3.8, 4) is 0 Å². The summed E-state index contributed by atoms with van der Waals surface area (Å²) >= 11 is 0. The van der Waals surface area contributed by atoms with Gasteiger partial charge in [0.15, 0.2) is 0 Å². The Bertz CT molecular complexity index is 1010. The van der Waals surface area contributed by atoms with Crippen molar-refractivity contribution in [2.75, 3.05) is 13.2 Å². The number of unbranched alkanes of at least 4 members (excludes halogenated alkanes) is 39. The maximum Gasteiger partial charge on any atom is 0.305 e. The summed E-state index contributed by atoms with van der Waals surface area (Å²) < 4.78 is 5.44. The van der Waals surface area contributed by atoms with Crippen molar-refractivity contribution in [1.82, 2.24) is 5.32 Å². The molecule has 0 aliphatic carbocycles. The molecule has 0 aromatic carbocycles. The Kier molecular flexibility index (Phi) is 53.5. The third kappa shape index (κ3) is 51.6. The van der Waals surface area contributed by atoms with Crippen LogP contribution in [0.4, 0.5) is 0 Å². The fourth-order valence-corrected chi connectivity index (χ4v) is 8.99. The van der Waals surface area contributed by atoms with Crippen LogP contribution in [0, 0.1) is 0 Å². The summed E-state index contributed by atoms with van der Waals surface area (Å²) in [6, 6.07) is -0.581. The van der Waals surface area contributed by atoms with Crippen LogP contribution in [0.5, 0.6) is 0 Å². The molecule has 384 valence electrons. The topological polar surface area (TPSA) is 95.9 Å². The largest absolute Gasteiger partial charge is 0.466 e. The van der Waals surface area contributed by atoms with Gasteiger partial charge in [0, 0.05) is 12.8 Å². The molecule has 0 bridgehead atoms. The number of nitrogens with one attached hydrogen (secondary N) is 1. The van der Waals surface area contributed by atoms with E-state index in [9.17, 15) is 19.8 Å². The van der Waals surface area contributed by atoms with Gasteiger partial charge in [-0.2, -0.15) is 0 Å². The molecule has 65 heavy (non-hydrogen) atoms. The first-order valence-corrected chi connectivity index (χ1v) is 29.1. The Hall–Kier alpha value is -1.66. The first-order valence-electron chi connectivity index (χ1n) is 29.1. The molecule has 0 fully saturated rings. The van der Waals surface area contributed by atoms with Crippen molar-refractivity contribution in [3.63, 3.8) is 0 Å². The normalized spacial score (nSPS) is 12.7. The van der Waals surface area contributed by atoms with E-state index in [-0.39, 0.29) is 18.5 Å². The van der Waals surface area contributed by atoms with Gasteiger partial charge in [-0.05, 0) is 70.6 Å². The molecule has 2 atom stereocenters. The molecule has 3 N–H and O–H groups in total. The molecule has 2 unspecified atom stereocenters. The van der Waals surface area contributed by atoms with Crippen LogP contribution in [0.25, 0.3) is 0 Å². The lowest BCUT2D eigenvalue weighted by molar-refractivity contribution is -0.143. The fourth-order valence-electron chi connectivity index (χ4n) is 8.99. The number of aliphatic hydroxyl groups excluding tert-OH is 2. The number of hydrogen-bond acceptors (Lipinski definition) is 5. The number of amides is 1. The van der Waals surface area contributed by atoms with Crippen molar-refractivity contribution in [3.05, 3.63) is 24.3 Å². The fraction of sp³-hybridized carbons (Fsp3) is 0.898. The average molecular weight is 917 g/mol. The molecular formula is C59H113NO5. The zero-order chi connectivity index (χ0) is 47.2. The standard InChI is InChI=1S/C59H113NO5/c1-3-5-7-9-11-13-15-17-19-20-21-22-23-24-25-26-27-28-29-30-32-35-39-43-47-51-57(62)56(55-61)60-58(63)52-48-44-40-36-34-38-42-46-50-54-65-59(64)53-49-45-41-37-33-31-18-16-14-12-10-8-6-4-2/h16,18,36,40,56-57,61-62H,3-15,17,19-35,37-39,41-55H2,1-2H3,(H,60,63)/b18-16-,40-36-. The molecule has 0 aromatic heterocycles. The van der Waals surface area contributed by atoms with Gasteiger partial charge in [0.25, 0.3) is 0 Å². The van der Waals surface area contributed by atoms with Crippen LogP contribution in [0.2, 0.25) is 0 Å². The summed E-state index contributed by atoms with van der Waals surface area (Å²) in [5, 5.41) is 23.3. The van der Waals surface area contributed by atoms with E-state index in [2.05, 4.69) is 43.5 Å². The molecule has 0 saturated carbocycles. The van der Waals surface area contributed by atoms with Gasteiger partial charge in [0.05, 0.1) is 25.4 Å². The highest BCUT2D eigenvalue weighted by Crippen LogP contribution is 2.17. The molecule has 0 radical (unpaired) electrons. The Labute approximate surface area is 405 Å². The molecule has 0 aliphatic heterocycles. The number of allylic oxidation sites excluding steroid dienone is 4. The van der Waals surface area contributed by atoms with Crippen LogP contribution < -0.4 is 5.32 Å². The van der Waals surface area contributed by atoms with Gasteiger partial charge in [-0.3, -0.25) is 9.59 Å². The lowest BCUT2D eigenvalue weighted by Crippen LogP contribution is -2.45. The summed E-state index contributed by atoms with van der Waals surface area (Å²) in [5.74, 6) is -0.136. The number of hydrogen-bond donors (Lipinski definition) is 3. The quantitative estimate of drug-likeness (QED) is 0.0321. The van der Waals surface area contributed by atoms with Crippen molar-refractivity contribution < 1.29 is 24.5 Å². The number of carbonyl (C=O) groups is 2. The molecule has 0 rings (SSSR count). The van der Waals surface area contributed by atoms with E-state index in [1.165, 1.54) is 212 Å². The van der Waals surface area contributed by atoms with Gasteiger partial charge in [0.1, 0.15) is 0 Å². The van der Waals surface area contributed by atoms with Crippen LogP contribution in [-0.2, 0) is 14.3 Å². The Morgan fingerprint density at radius 2 is 0.738 bits per heavy atom. The van der Waals surface area contributed by atoms with Gasteiger partial charge in [-0.15, -0.1) is 0 Å². The first-order chi connectivity index (χ1) is 32.0. The highest BCUT2D eigenvalue weighted by atomic mass is 16.5. The van der Waals surface area contributed by atoms with E-state index >= 15 is 0 Å². The van der Waals surface area contributed by atoms with E-state index in [0.717, 1.165) is 70.6 Å². The van der Waals surface area contributed by atoms with Gasteiger partial charge in [-0.25, -0.2) is 0 Å². The van der Waals surface area contributed by atoms with Gasteiger partial charge in [0.2, 0.25) is 5.91 Å². The number of esters is 1. The second-order valence-corrected chi connectivity index (χ2v) is 20.0. The van der Waals surface area contributed by atoms with E-state index in [4.69, 9.17) is 4.74 Å². The Morgan fingerprint density at radius 3 is 1.12 bits per heavy atom. The van der Waals surface area contributed by atoms with Crippen LogP contribution >= 0.6 is 0 Å². The molecule has 0 heterocycles. The summed E-state index contributed by atoms with van der Waals surface area (Å²) in [4.78, 5) is 24.5. The van der Waals surface area contributed by atoms with E-state index in [0.29, 0.717) is 25.9 Å². The third-order valence-electron chi connectivity index (χ3n) is 13.5. The zero-order valence-corrected chi connectivity index (χ0v) is 43.7. The molecule has 0 aromatic rings. The molecule has 0 saturated heterocycles. The second-order valence-electron chi connectivity index (χ2n) is 20.0. The van der Waals surface area contributed by atoms with Crippen molar-refractivity contribution in [2.24, 2.45) is 0 Å². The zero-order valence-electron chi connectivity index (χ0n) is 43.7. The summed E-state index contributed by atoms with van der Waals surface area (Å²) in [6.45, 7) is 4.87. The molecular weight excluding hydrogens is 803 g/mol. The Balaban J connectivity index is 3.51.